The average Bonchev–Trinajstić information content (AvgIpc) is 2.86. The number of aromatic amines is 1. The molecule has 2 aromatic rings. The highest BCUT2D eigenvalue weighted by atomic mass is 15.1. The molecule has 5 nitrogen and oxygen atoms in total. The van der Waals surface area contributed by atoms with E-state index in [1.54, 1.807) is 6.33 Å². The number of rotatable bonds is 1. The Kier molecular flexibility index (Phi) is 2.05. The minimum absolute atomic E-state index is 0.520. The van der Waals surface area contributed by atoms with Crippen molar-refractivity contribution in [1.29, 1.82) is 0 Å². The fourth-order valence-electron chi connectivity index (χ4n) is 5.37. The Bertz CT molecular complexity index is 648. The highest BCUT2D eigenvalue weighted by Gasteiger charge is 2.49. The quantitative estimate of drug-likeness (QED) is 0.833. The van der Waals surface area contributed by atoms with Crippen LogP contribution in [0, 0.1) is 23.7 Å². The zero-order valence-electron chi connectivity index (χ0n) is 11.4. The predicted molar refractivity (Wildman–Crippen MR) is 75.9 cm³/mol. The second kappa shape index (κ2) is 3.71. The fourth-order valence-corrected chi connectivity index (χ4v) is 5.37. The van der Waals surface area contributed by atoms with Gasteiger partial charge in [0.1, 0.15) is 11.3 Å². The molecular weight excluding hydrogens is 250 g/mol. The van der Waals surface area contributed by atoms with Crippen LogP contribution in [0.1, 0.15) is 43.8 Å². The van der Waals surface area contributed by atoms with E-state index in [-0.39, 0.29) is 0 Å². The number of H-pyrrole nitrogens is 1. The van der Waals surface area contributed by atoms with E-state index in [9.17, 15) is 0 Å². The first kappa shape index (κ1) is 11.1. The predicted octanol–water partition coefficient (Wildman–Crippen LogP) is 2.47. The van der Waals surface area contributed by atoms with Gasteiger partial charge in [-0.25, -0.2) is 15.0 Å². The number of nitrogen functional groups attached to an aromatic ring is 1. The molecule has 3 N–H and O–H groups in total. The summed E-state index contributed by atoms with van der Waals surface area (Å²) >= 11 is 0. The van der Waals surface area contributed by atoms with E-state index in [1.807, 2.05) is 0 Å². The van der Waals surface area contributed by atoms with Gasteiger partial charge in [0.05, 0.1) is 6.33 Å². The summed E-state index contributed by atoms with van der Waals surface area (Å²) in [4.78, 5) is 16.6. The molecule has 4 aliphatic rings. The van der Waals surface area contributed by atoms with Crippen LogP contribution in [-0.4, -0.2) is 19.9 Å². The third kappa shape index (κ3) is 1.41. The van der Waals surface area contributed by atoms with E-state index in [0.29, 0.717) is 11.7 Å². The Labute approximate surface area is 117 Å². The van der Waals surface area contributed by atoms with Crippen molar-refractivity contribution >= 4 is 17.0 Å². The third-order valence-electron chi connectivity index (χ3n) is 5.86. The molecule has 104 valence electrons. The van der Waals surface area contributed by atoms with Gasteiger partial charge in [0.15, 0.2) is 11.5 Å². The van der Waals surface area contributed by atoms with Crippen LogP contribution in [0.3, 0.4) is 0 Å². The Balaban J connectivity index is 1.61. The zero-order chi connectivity index (χ0) is 13.3. The second-order valence-corrected chi connectivity index (χ2v) is 7.02. The molecule has 4 bridgehead atoms. The number of hydrogen-bond acceptors (Lipinski definition) is 4. The van der Waals surface area contributed by atoms with Crippen molar-refractivity contribution in [3.8, 4) is 0 Å². The number of nitrogens with one attached hydrogen (secondary N) is 1. The molecule has 0 saturated heterocycles. The number of fused-ring (bicyclic) bond motifs is 1. The molecule has 2 heterocycles. The largest absolute Gasteiger partial charge is 0.382 e. The Morgan fingerprint density at radius 2 is 1.70 bits per heavy atom. The van der Waals surface area contributed by atoms with Crippen molar-refractivity contribution in [2.45, 2.75) is 38.0 Å². The van der Waals surface area contributed by atoms with E-state index in [2.05, 4.69) is 15.0 Å². The molecule has 6 rings (SSSR count). The summed E-state index contributed by atoms with van der Waals surface area (Å²) in [5.41, 5.74) is 7.57. The Morgan fingerprint density at radius 3 is 2.40 bits per heavy atom. The molecule has 0 spiro atoms. The normalized spacial score (nSPS) is 38.7. The summed E-state index contributed by atoms with van der Waals surface area (Å²) in [7, 11) is 0. The number of nitrogens with zero attached hydrogens (tertiary/aromatic N) is 3. The van der Waals surface area contributed by atoms with Gasteiger partial charge < -0.3 is 10.7 Å². The van der Waals surface area contributed by atoms with Crippen molar-refractivity contribution in [3.05, 3.63) is 12.2 Å². The van der Waals surface area contributed by atoms with Gasteiger partial charge in [-0.15, -0.1) is 0 Å². The van der Waals surface area contributed by atoms with Crippen molar-refractivity contribution in [2.24, 2.45) is 23.7 Å². The standard InChI is InChI=1S/C15H19N5/c16-13-12-15(18-6-17-12)20-14(19-13)11-9-2-7-1-8(4-9)5-10(11)3-7/h6-11H,1-5H2,(H3,16,17,18,19,20). The second-order valence-electron chi connectivity index (χ2n) is 7.02. The summed E-state index contributed by atoms with van der Waals surface area (Å²) < 4.78 is 0. The maximum Gasteiger partial charge on any atom is 0.183 e. The van der Waals surface area contributed by atoms with Gasteiger partial charge in [0.25, 0.3) is 0 Å². The van der Waals surface area contributed by atoms with E-state index in [1.165, 1.54) is 32.1 Å². The minimum atomic E-state index is 0.520. The summed E-state index contributed by atoms with van der Waals surface area (Å²) in [6.45, 7) is 0. The van der Waals surface area contributed by atoms with Crippen LogP contribution >= 0.6 is 0 Å². The molecule has 0 unspecified atom stereocenters. The number of anilines is 1. The molecule has 0 amide bonds. The van der Waals surface area contributed by atoms with Gasteiger partial charge in [-0.2, -0.15) is 0 Å². The highest BCUT2D eigenvalue weighted by molar-refractivity contribution is 5.80. The topological polar surface area (TPSA) is 80.5 Å². The Morgan fingerprint density at radius 1 is 1.00 bits per heavy atom. The summed E-state index contributed by atoms with van der Waals surface area (Å²) in [6.07, 6.45) is 8.62. The molecule has 0 radical (unpaired) electrons. The molecule has 2 aromatic heterocycles. The molecule has 20 heavy (non-hydrogen) atoms. The van der Waals surface area contributed by atoms with Crippen LogP contribution in [0.25, 0.3) is 11.2 Å². The fraction of sp³-hybridized carbons (Fsp3) is 0.667. The molecule has 0 aromatic carbocycles. The maximum atomic E-state index is 6.07. The lowest BCUT2D eigenvalue weighted by Gasteiger charge is -2.53. The summed E-state index contributed by atoms with van der Waals surface area (Å²) in [6, 6.07) is 0. The van der Waals surface area contributed by atoms with Gasteiger partial charge in [0.2, 0.25) is 0 Å². The first-order valence-electron chi connectivity index (χ1n) is 7.74. The molecule has 0 aliphatic heterocycles. The Hall–Kier alpha value is -1.65. The maximum absolute atomic E-state index is 6.07. The smallest absolute Gasteiger partial charge is 0.183 e. The van der Waals surface area contributed by atoms with E-state index >= 15 is 0 Å². The molecular formula is C15H19N5. The molecule has 4 saturated carbocycles. The monoisotopic (exact) mass is 269 g/mol. The summed E-state index contributed by atoms with van der Waals surface area (Å²) in [5.74, 6) is 5.53. The number of nitrogens with two attached hydrogens (primary N) is 1. The van der Waals surface area contributed by atoms with E-state index < -0.39 is 0 Å². The van der Waals surface area contributed by atoms with Crippen molar-refractivity contribution < 1.29 is 0 Å². The number of aromatic nitrogens is 4. The molecule has 0 atom stereocenters. The van der Waals surface area contributed by atoms with Crippen LogP contribution < -0.4 is 5.73 Å². The lowest BCUT2D eigenvalue weighted by Crippen LogP contribution is -2.44. The molecule has 5 heteroatoms. The lowest BCUT2D eigenvalue weighted by molar-refractivity contribution is -0.00549. The van der Waals surface area contributed by atoms with Crippen LogP contribution in [0.4, 0.5) is 5.82 Å². The lowest BCUT2D eigenvalue weighted by atomic mass is 9.51. The zero-order valence-corrected chi connectivity index (χ0v) is 11.4. The van der Waals surface area contributed by atoms with E-state index in [0.717, 1.165) is 40.7 Å². The van der Waals surface area contributed by atoms with E-state index in [4.69, 9.17) is 10.7 Å². The van der Waals surface area contributed by atoms with Crippen LogP contribution in [0.5, 0.6) is 0 Å². The first-order valence-corrected chi connectivity index (χ1v) is 7.74. The van der Waals surface area contributed by atoms with Gasteiger partial charge in [-0.3, -0.25) is 0 Å². The van der Waals surface area contributed by atoms with Gasteiger partial charge in [-0.1, -0.05) is 0 Å². The summed E-state index contributed by atoms with van der Waals surface area (Å²) in [5, 5.41) is 0. The highest BCUT2D eigenvalue weighted by Crippen LogP contribution is 2.59. The number of imidazole rings is 1. The van der Waals surface area contributed by atoms with Crippen molar-refractivity contribution in [1.82, 2.24) is 19.9 Å². The first-order chi connectivity index (χ1) is 9.78. The minimum Gasteiger partial charge on any atom is -0.382 e. The van der Waals surface area contributed by atoms with Crippen LogP contribution in [0.15, 0.2) is 6.33 Å². The van der Waals surface area contributed by atoms with Gasteiger partial charge >= 0.3 is 0 Å². The third-order valence-corrected chi connectivity index (χ3v) is 5.86. The van der Waals surface area contributed by atoms with Crippen LogP contribution in [0.2, 0.25) is 0 Å². The SMILES string of the molecule is Nc1nc(C2C3CC4CC(C3)CC2C4)nc2nc[nH]c12. The van der Waals surface area contributed by atoms with Crippen LogP contribution in [-0.2, 0) is 0 Å². The average molecular weight is 269 g/mol. The molecule has 4 fully saturated rings. The van der Waals surface area contributed by atoms with Crippen molar-refractivity contribution in [2.75, 3.05) is 5.73 Å². The molecule has 4 aliphatic carbocycles. The van der Waals surface area contributed by atoms with Gasteiger partial charge in [-0.05, 0) is 55.8 Å². The number of hydrogen-bond donors (Lipinski definition) is 2. The van der Waals surface area contributed by atoms with Gasteiger partial charge in [0, 0.05) is 5.92 Å². The van der Waals surface area contributed by atoms with Crippen molar-refractivity contribution in [3.63, 3.8) is 0 Å².